The first-order valence-corrected chi connectivity index (χ1v) is 12.7. The number of pyridine rings is 1. The number of carbonyl (C=O) groups excluding carboxylic acids is 2. The van der Waals surface area contributed by atoms with E-state index < -0.39 is 18.5 Å². The lowest BCUT2D eigenvalue weighted by Crippen LogP contribution is -2.24. The summed E-state index contributed by atoms with van der Waals surface area (Å²) in [4.78, 5) is 31.1. The number of benzene rings is 2. The van der Waals surface area contributed by atoms with Crippen LogP contribution in [0.2, 0.25) is 0 Å². The standard InChI is InChI=1S/C30H32N4O3/c1-19-14-15-24-22(16-19)28(21-12-8-9-13-23(21)31-24)29(36)37-18-27(35)32-26-17-25(30(2,3)4)33-34(26)20-10-6-5-7-11-20/h5-13,17,19H,14-16,18H2,1-4H3,(H,32,35). The van der Waals surface area contributed by atoms with Gasteiger partial charge in [0, 0.05) is 22.6 Å². The molecule has 0 saturated heterocycles. The minimum Gasteiger partial charge on any atom is -0.452 e. The lowest BCUT2D eigenvalue weighted by Gasteiger charge is -2.24. The average Bonchev–Trinajstić information content (AvgIpc) is 3.31. The molecule has 1 N–H and O–H groups in total. The average molecular weight is 497 g/mol. The molecular weight excluding hydrogens is 464 g/mol. The number of carbonyl (C=O) groups is 2. The maximum absolute atomic E-state index is 13.4. The van der Waals surface area contributed by atoms with Gasteiger partial charge in [-0.25, -0.2) is 9.48 Å². The summed E-state index contributed by atoms with van der Waals surface area (Å²) in [5, 5.41) is 8.37. The van der Waals surface area contributed by atoms with Gasteiger partial charge in [0.2, 0.25) is 0 Å². The highest BCUT2D eigenvalue weighted by atomic mass is 16.5. The van der Waals surface area contributed by atoms with Crippen LogP contribution in [0, 0.1) is 5.92 Å². The zero-order chi connectivity index (χ0) is 26.2. The number of esters is 1. The molecule has 4 aromatic rings. The van der Waals surface area contributed by atoms with E-state index in [4.69, 9.17) is 14.8 Å². The van der Waals surface area contributed by atoms with Crippen LogP contribution in [0.3, 0.4) is 0 Å². The van der Waals surface area contributed by atoms with Gasteiger partial charge in [-0.2, -0.15) is 5.10 Å². The fraction of sp³-hybridized carbons (Fsp3) is 0.333. The highest BCUT2D eigenvalue weighted by Gasteiger charge is 2.27. The van der Waals surface area contributed by atoms with Crippen molar-refractivity contribution in [3.05, 3.63) is 83.2 Å². The van der Waals surface area contributed by atoms with E-state index in [0.29, 0.717) is 17.3 Å². The van der Waals surface area contributed by atoms with Crippen molar-refractivity contribution in [1.29, 1.82) is 0 Å². The maximum atomic E-state index is 13.4. The van der Waals surface area contributed by atoms with Crippen LogP contribution < -0.4 is 5.32 Å². The minimum absolute atomic E-state index is 0.204. The van der Waals surface area contributed by atoms with Crippen LogP contribution in [-0.4, -0.2) is 33.2 Å². The third kappa shape index (κ3) is 5.12. The van der Waals surface area contributed by atoms with Crippen LogP contribution in [0.4, 0.5) is 5.82 Å². The molecule has 1 amide bonds. The van der Waals surface area contributed by atoms with Gasteiger partial charge in [0.15, 0.2) is 6.61 Å². The van der Waals surface area contributed by atoms with E-state index in [-0.39, 0.29) is 5.41 Å². The number of anilines is 1. The van der Waals surface area contributed by atoms with Gasteiger partial charge in [-0.05, 0) is 48.9 Å². The molecule has 37 heavy (non-hydrogen) atoms. The molecule has 0 spiro atoms. The van der Waals surface area contributed by atoms with E-state index in [9.17, 15) is 9.59 Å². The Hall–Kier alpha value is -4.00. The van der Waals surface area contributed by atoms with Gasteiger partial charge in [-0.1, -0.05) is 64.1 Å². The third-order valence-corrected chi connectivity index (χ3v) is 6.79. The van der Waals surface area contributed by atoms with Crippen molar-refractivity contribution >= 4 is 28.6 Å². The van der Waals surface area contributed by atoms with Crippen LogP contribution in [0.1, 0.15) is 61.4 Å². The van der Waals surface area contributed by atoms with Crippen molar-refractivity contribution in [2.45, 2.75) is 52.4 Å². The maximum Gasteiger partial charge on any atom is 0.339 e. The Morgan fingerprint density at radius 1 is 1.08 bits per heavy atom. The number of ether oxygens (including phenoxy) is 1. The van der Waals surface area contributed by atoms with E-state index in [2.05, 4.69) is 33.0 Å². The van der Waals surface area contributed by atoms with Crippen molar-refractivity contribution in [2.75, 3.05) is 11.9 Å². The Labute approximate surface area is 216 Å². The summed E-state index contributed by atoms with van der Waals surface area (Å²) in [5.41, 5.74) is 4.67. The summed E-state index contributed by atoms with van der Waals surface area (Å²) in [6.07, 6.45) is 2.65. The summed E-state index contributed by atoms with van der Waals surface area (Å²) in [6.45, 7) is 7.99. The van der Waals surface area contributed by atoms with E-state index in [1.165, 1.54) is 0 Å². The molecule has 1 aliphatic rings. The highest BCUT2D eigenvalue weighted by molar-refractivity contribution is 6.06. The van der Waals surface area contributed by atoms with E-state index in [0.717, 1.165) is 52.8 Å². The number of aromatic nitrogens is 3. The lowest BCUT2D eigenvalue weighted by molar-refractivity contribution is -0.119. The Morgan fingerprint density at radius 2 is 1.81 bits per heavy atom. The molecule has 5 rings (SSSR count). The monoisotopic (exact) mass is 496 g/mol. The summed E-state index contributed by atoms with van der Waals surface area (Å²) >= 11 is 0. The van der Waals surface area contributed by atoms with Crippen LogP contribution in [0.15, 0.2) is 60.7 Å². The van der Waals surface area contributed by atoms with Crippen LogP contribution in [0.25, 0.3) is 16.6 Å². The van der Waals surface area contributed by atoms with Crippen molar-refractivity contribution < 1.29 is 14.3 Å². The highest BCUT2D eigenvalue weighted by Crippen LogP contribution is 2.32. The molecule has 190 valence electrons. The predicted molar refractivity (Wildman–Crippen MR) is 144 cm³/mol. The molecule has 7 nitrogen and oxygen atoms in total. The molecule has 1 aliphatic carbocycles. The van der Waals surface area contributed by atoms with Crippen molar-refractivity contribution in [3.8, 4) is 5.69 Å². The van der Waals surface area contributed by atoms with E-state index in [1.54, 1.807) is 4.68 Å². The van der Waals surface area contributed by atoms with Crippen LogP contribution in [0.5, 0.6) is 0 Å². The van der Waals surface area contributed by atoms with E-state index >= 15 is 0 Å². The van der Waals surface area contributed by atoms with Gasteiger partial charge < -0.3 is 10.1 Å². The molecule has 1 atom stereocenters. The zero-order valence-electron chi connectivity index (χ0n) is 21.7. The summed E-state index contributed by atoms with van der Waals surface area (Å²) < 4.78 is 7.29. The van der Waals surface area contributed by atoms with Gasteiger partial charge >= 0.3 is 5.97 Å². The molecule has 0 saturated carbocycles. The number of nitrogens with zero attached hydrogens (tertiary/aromatic N) is 3. The predicted octanol–water partition coefficient (Wildman–Crippen LogP) is 5.64. The zero-order valence-corrected chi connectivity index (χ0v) is 21.7. The van der Waals surface area contributed by atoms with E-state index in [1.807, 2.05) is 60.7 Å². The summed E-state index contributed by atoms with van der Waals surface area (Å²) in [6, 6.07) is 19.1. The Bertz CT molecular complexity index is 1470. The number of aryl methyl sites for hydroxylation is 1. The Morgan fingerprint density at radius 3 is 2.57 bits per heavy atom. The fourth-order valence-corrected chi connectivity index (χ4v) is 4.78. The fourth-order valence-electron chi connectivity index (χ4n) is 4.78. The number of hydrogen-bond acceptors (Lipinski definition) is 5. The third-order valence-electron chi connectivity index (χ3n) is 6.79. The molecule has 2 aromatic carbocycles. The second kappa shape index (κ2) is 9.81. The molecule has 2 heterocycles. The first-order chi connectivity index (χ1) is 17.7. The minimum atomic E-state index is -0.494. The molecule has 7 heteroatoms. The van der Waals surface area contributed by atoms with Crippen LogP contribution >= 0.6 is 0 Å². The largest absolute Gasteiger partial charge is 0.452 e. The topological polar surface area (TPSA) is 86.1 Å². The van der Waals surface area contributed by atoms with Gasteiger partial charge in [0.1, 0.15) is 5.82 Å². The van der Waals surface area contributed by atoms with Gasteiger partial charge in [0.05, 0.1) is 22.5 Å². The first kappa shape index (κ1) is 24.7. The molecule has 0 bridgehead atoms. The molecule has 0 radical (unpaired) electrons. The summed E-state index contributed by atoms with van der Waals surface area (Å²) in [5.74, 6) is 0.0656. The first-order valence-electron chi connectivity index (χ1n) is 12.7. The normalized spacial score (nSPS) is 15.3. The second-order valence-corrected chi connectivity index (χ2v) is 10.8. The number of fused-ring (bicyclic) bond motifs is 2. The molecule has 2 aromatic heterocycles. The van der Waals surface area contributed by atoms with Crippen LogP contribution in [-0.2, 0) is 27.8 Å². The van der Waals surface area contributed by atoms with Gasteiger partial charge in [-0.15, -0.1) is 0 Å². The molecular formula is C30H32N4O3. The molecule has 1 unspecified atom stereocenters. The molecule has 0 aliphatic heterocycles. The molecule has 0 fully saturated rings. The van der Waals surface area contributed by atoms with Gasteiger partial charge in [-0.3, -0.25) is 9.78 Å². The number of para-hydroxylation sites is 2. The number of hydrogen-bond donors (Lipinski definition) is 1. The number of rotatable bonds is 5. The second-order valence-electron chi connectivity index (χ2n) is 10.8. The number of nitrogens with one attached hydrogen (secondary N) is 1. The Balaban J connectivity index is 1.38. The van der Waals surface area contributed by atoms with Crippen molar-refractivity contribution in [1.82, 2.24) is 14.8 Å². The smallest absolute Gasteiger partial charge is 0.339 e. The van der Waals surface area contributed by atoms with Gasteiger partial charge in [0.25, 0.3) is 5.91 Å². The quantitative estimate of drug-likeness (QED) is 0.362. The summed E-state index contributed by atoms with van der Waals surface area (Å²) in [7, 11) is 0. The van der Waals surface area contributed by atoms with Crippen molar-refractivity contribution in [3.63, 3.8) is 0 Å². The van der Waals surface area contributed by atoms with Crippen molar-refractivity contribution in [2.24, 2.45) is 5.92 Å². The SMILES string of the molecule is CC1CCc2nc3ccccc3c(C(=O)OCC(=O)Nc3cc(C(C)(C)C)nn3-c3ccccc3)c2C1. The number of amides is 1. The Kier molecular flexibility index (Phi) is 6.54. The lowest BCUT2D eigenvalue weighted by atomic mass is 9.84.